The van der Waals surface area contributed by atoms with E-state index in [4.69, 9.17) is 5.73 Å². The molecular weight excluding hydrogens is 334 g/mol. The molecule has 1 aromatic carbocycles. The normalized spacial score (nSPS) is 11.6. The molecule has 138 valence electrons. The number of pyridine rings is 1. The van der Waals surface area contributed by atoms with Crippen LogP contribution in [0.4, 0.5) is 11.4 Å². The van der Waals surface area contributed by atoms with Crippen molar-refractivity contribution in [2.24, 2.45) is 5.73 Å². The summed E-state index contributed by atoms with van der Waals surface area (Å²) in [5.41, 5.74) is 6.62. The molecule has 1 amide bonds. The van der Waals surface area contributed by atoms with Gasteiger partial charge in [0.25, 0.3) is 11.6 Å². The molecule has 1 aromatic heterocycles. The predicted octanol–water partition coefficient (Wildman–Crippen LogP) is 2.63. The van der Waals surface area contributed by atoms with Gasteiger partial charge in [0.1, 0.15) is 5.69 Å². The number of aromatic nitrogens is 1. The van der Waals surface area contributed by atoms with Gasteiger partial charge in [-0.15, -0.1) is 0 Å². The molecule has 1 heterocycles. The summed E-state index contributed by atoms with van der Waals surface area (Å²) in [7, 11) is 0. The fourth-order valence-electron chi connectivity index (χ4n) is 2.46. The molecule has 0 aliphatic rings. The number of nitro benzene ring substituents is 1. The minimum Gasteiger partial charge on any atom is -0.371 e. The lowest BCUT2D eigenvalue weighted by Gasteiger charge is -2.15. The van der Waals surface area contributed by atoms with Crippen LogP contribution in [0.5, 0.6) is 0 Å². The molecule has 0 spiro atoms. The highest BCUT2D eigenvalue weighted by Crippen LogP contribution is 2.28. The van der Waals surface area contributed by atoms with E-state index in [1.807, 2.05) is 19.1 Å². The first-order valence-electron chi connectivity index (χ1n) is 8.47. The SMILES string of the molecule is CC(Nc1ccc(C(=O)NCCCCN)cc1[N+](=O)[O-])c1ccccn1. The first-order chi connectivity index (χ1) is 12.5. The number of benzene rings is 1. The number of nitrogens with two attached hydrogens (primary N) is 1. The van der Waals surface area contributed by atoms with Gasteiger partial charge in [-0.2, -0.15) is 0 Å². The van der Waals surface area contributed by atoms with E-state index in [0.29, 0.717) is 18.8 Å². The quantitative estimate of drug-likeness (QED) is 0.360. The largest absolute Gasteiger partial charge is 0.371 e. The lowest BCUT2D eigenvalue weighted by Crippen LogP contribution is -2.25. The Balaban J connectivity index is 2.13. The van der Waals surface area contributed by atoms with Gasteiger partial charge < -0.3 is 16.4 Å². The maximum atomic E-state index is 12.1. The highest BCUT2D eigenvalue weighted by atomic mass is 16.6. The maximum absolute atomic E-state index is 12.1. The fraction of sp³-hybridized carbons (Fsp3) is 0.333. The molecule has 8 nitrogen and oxygen atoms in total. The molecule has 0 saturated carbocycles. The Morgan fingerprint density at radius 2 is 2.12 bits per heavy atom. The van der Waals surface area contributed by atoms with Crippen LogP contribution in [0.3, 0.4) is 0 Å². The number of carbonyl (C=O) groups is 1. The minimum atomic E-state index is -0.501. The predicted molar refractivity (Wildman–Crippen MR) is 100.0 cm³/mol. The molecule has 1 unspecified atom stereocenters. The summed E-state index contributed by atoms with van der Waals surface area (Å²) in [6.07, 6.45) is 3.25. The Bertz CT molecular complexity index is 752. The molecule has 4 N–H and O–H groups in total. The van der Waals surface area contributed by atoms with Crippen LogP contribution in [0.15, 0.2) is 42.6 Å². The molecule has 1 atom stereocenters. The molecule has 8 heteroatoms. The van der Waals surface area contributed by atoms with Crippen molar-refractivity contribution in [1.82, 2.24) is 10.3 Å². The Hall–Kier alpha value is -3.00. The van der Waals surface area contributed by atoms with Crippen molar-refractivity contribution in [3.63, 3.8) is 0 Å². The number of hydrogen-bond acceptors (Lipinski definition) is 6. The van der Waals surface area contributed by atoms with Crippen molar-refractivity contribution in [2.75, 3.05) is 18.4 Å². The van der Waals surface area contributed by atoms with E-state index in [1.54, 1.807) is 24.4 Å². The smallest absolute Gasteiger partial charge is 0.293 e. The third-order valence-electron chi connectivity index (χ3n) is 3.88. The second-order valence-corrected chi connectivity index (χ2v) is 5.86. The molecule has 0 fully saturated rings. The van der Waals surface area contributed by atoms with Crippen molar-refractivity contribution in [1.29, 1.82) is 0 Å². The second-order valence-electron chi connectivity index (χ2n) is 5.86. The van der Waals surface area contributed by atoms with Crippen molar-refractivity contribution < 1.29 is 9.72 Å². The summed E-state index contributed by atoms with van der Waals surface area (Å²) in [5.74, 6) is -0.338. The number of nitro groups is 1. The topological polar surface area (TPSA) is 123 Å². The summed E-state index contributed by atoms with van der Waals surface area (Å²) in [6.45, 7) is 2.92. The molecule has 0 bridgehead atoms. The fourth-order valence-corrected chi connectivity index (χ4v) is 2.46. The lowest BCUT2D eigenvalue weighted by molar-refractivity contribution is -0.384. The molecule has 26 heavy (non-hydrogen) atoms. The average molecular weight is 357 g/mol. The van der Waals surface area contributed by atoms with E-state index in [1.165, 1.54) is 6.07 Å². The molecule has 0 saturated heterocycles. The van der Waals surface area contributed by atoms with Crippen LogP contribution in [0, 0.1) is 10.1 Å². The van der Waals surface area contributed by atoms with Crippen LogP contribution in [0.25, 0.3) is 0 Å². The van der Waals surface area contributed by atoms with E-state index in [0.717, 1.165) is 18.5 Å². The molecular formula is C18H23N5O3. The molecule has 0 aliphatic carbocycles. The Labute approximate surface area is 152 Å². The summed E-state index contributed by atoms with van der Waals surface area (Å²) in [6, 6.07) is 9.68. The first kappa shape index (κ1) is 19.3. The third-order valence-corrected chi connectivity index (χ3v) is 3.88. The number of amides is 1. The Morgan fingerprint density at radius 3 is 2.77 bits per heavy atom. The number of rotatable bonds is 9. The summed E-state index contributed by atoms with van der Waals surface area (Å²) >= 11 is 0. The number of anilines is 1. The third kappa shape index (κ3) is 5.25. The van der Waals surface area contributed by atoms with Gasteiger partial charge in [0, 0.05) is 24.4 Å². The minimum absolute atomic E-state index is 0.151. The molecule has 2 aromatic rings. The number of carbonyl (C=O) groups excluding carboxylic acids is 1. The van der Waals surface area contributed by atoms with E-state index in [2.05, 4.69) is 15.6 Å². The molecule has 0 aliphatic heterocycles. The average Bonchev–Trinajstić information content (AvgIpc) is 2.65. The van der Waals surface area contributed by atoms with Gasteiger partial charge in [0.15, 0.2) is 0 Å². The van der Waals surface area contributed by atoms with E-state index in [9.17, 15) is 14.9 Å². The van der Waals surface area contributed by atoms with Crippen LogP contribution in [0.1, 0.15) is 41.9 Å². The standard InChI is InChI=1S/C18H23N5O3/c1-13(15-6-2-4-10-20-15)22-16-8-7-14(12-17(16)23(25)26)18(24)21-11-5-3-9-19/h2,4,6-8,10,12-13,22H,3,5,9,11,19H2,1H3,(H,21,24). The van der Waals surface area contributed by atoms with E-state index >= 15 is 0 Å². The van der Waals surface area contributed by atoms with Crippen molar-refractivity contribution in [3.05, 3.63) is 64.0 Å². The van der Waals surface area contributed by atoms with Gasteiger partial charge in [-0.1, -0.05) is 6.07 Å². The van der Waals surface area contributed by atoms with E-state index < -0.39 is 4.92 Å². The summed E-state index contributed by atoms with van der Waals surface area (Å²) in [5, 5.41) is 17.2. The summed E-state index contributed by atoms with van der Waals surface area (Å²) in [4.78, 5) is 27.3. The van der Waals surface area contributed by atoms with Crippen molar-refractivity contribution in [2.45, 2.75) is 25.8 Å². The van der Waals surface area contributed by atoms with Crippen molar-refractivity contribution in [3.8, 4) is 0 Å². The monoisotopic (exact) mass is 357 g/mol. The van der Waals surface area contributed by atoms with Gasteiger partial charge in [-0.25, -0.2) is 0 Å². The zero-order valence-electron chi connectivity index (χ0n) is 14.6. The molecule has 0 radical (unpaired) electrons. The second kappa shape index (κ2) is 9.47. The first-order valence-corrected chi connectivity index (χ1v) is 8.47. The summed E-state index contributed by atoms with van der Waals surface area (Å²) < 4.78 is 0. The van der Waals surface area contributed by atoms with Crippen LogP contribution in [-0.2, 0) is 0 Å². The molecule has 2 rings (SSSR count). The zero-order valence-corrected chi connectivity index (χ0v) is 14.6. The van der Waals surface area contributed by atoms with Gasteiger partial charge in [0.2, 0.25) is 0 Å². The van der Waals surface area contributed by atoms with Gasteiger partial charge in [0.05, 0.1) is 16.7 Å². The Kier molecular flexibility index (Phi) is 7.04. The van der Waals surface area contributed by atoms with Gasteiger partial charge >= 0.3 is 0 Å². The van der Waals surface area contributed by atoms with Crippen LogP contribution < -0.4 is 16.4 Å². The number of nitrogens with one attached hydrogen (secondary N) is 2. The lowest BCUT2D eigenvalue weighted by atomic mass is 10.1. The van der Waals surface area contributed by atoms with Crippen LogP contribution in [-0.4, -0.2) is 28.9 Å². The number of nitrogens with zero attached hydrogens (tertiary/aromatic N) is 2. The maximum Gasteiger partial charge on any atom is 0.293 e. The van der Waals surface area contributed by atoms with Gasteiger partial charge in [-0.05, 0) is 50.6 Å². The van der Waals surface area contributed by atoms with Gasteiger partial charge in [-0.3, -0.25) is 19.9 Å². The highest BCUT2D eigenvalue weighted by molar-refractivity contribution is 5.95. The van der Waals surface area contributed by atoms with Crippen molar-refractivity contribution >= 4 is 17.3 Å². The number of unbranched alkanes of at least 4 members (excludes halogenated alkanes) is 1. The highest BCUT2D eigenvalue weighted by Gasteiger charge is 2.19. The zero-order chi connectivity index (χ0) is 18.9. The Morgan fingerprint density at radius 1 is 1.31 bits per heavy atom. The number of hydrogen-bond donors (Lipinski definition) is 3. The van der Waals surface area contributed by atoms with Crippen LogP contribution in [0.2, 0.25) is 0 Å². The van der Waals surface area contributed by atoms with E-state index in [-0.39, 0.29) is 23.2 Å². The van der Waals surface area contributed by atoms with Crippen LogP contribution >= 0.6 is 0 Å².